The van der Waals surface area contributed by atoms with Crippen LogP contribution in [0.3, 0.4) is 0 Å². The van der Waals surface area contributed by atoms with E-state index in [2.05, 4.69) is 27.8 Å². The van der Waals surface area contributed by atoms with Gasteiger partial charge in [-0.2, -0.15) is 0 Å². The molecule has 0 radical (unpaired) electrons. The van der Waals surface area contributed by atoms with E-state index in [1.54, 1.807) is 17.0 Å². The van der Waals surface area contributed by atoms with Crippen LogP contribution in [0.15, 0.2) is 17.2 Å². The van der Waals surface area contributed by atoms with E-state index < -0.39 is 0 Å². The van der Waals surface area contributed by atoms with Crippen LogP contribution < -0.4 is 10.5 Å². The maximum absolute atomic E-state index is 12.3. The van der Waals surface area contributed by atoms with Crippen LogP contribution in [0.5, 0.6) is 0 Å². The summed E-state index contributed by atoms with van der Waals surface area (Å²) in [4.78, 5) is 18.9. The van der Waals surface area contributed by atoms with Crippen LogP contribution in [0.2, 0.25) is 0 Å². The molecule has 0 spiro atoms. The molecule has 1 atom stereocenters. The smallest absolute Gasteiger partial charge is 0.293 e. The summed E-state index contributed by atoms with van der Waals surface area (Å²) in [5.74, 6) is 0.514. The lowest BCUT2D eigenvalue weighted by atomic mass is 10.1. The van der Waals surface area contributed by atoms with Crippen molar-refractivity contribution in [2.24, 2.45) is 0 Å². The Morgan fingerprint density at radius 3 is 2.61 bits per heavy atom. The van der Waals surface area contributed by atoms with Crippen molar-refractivity contribution in [2.75, 3.05) is 18.5 Å². The molecule has 5 heteroatoms. The standard InChI is InChI=1S/C13H22BrN3O/c1-10(14)6-8-16(5)11-12(18)17(9-7-15-11)13(2,3)4/h7,9-10H,6,8H2,1-5H3. The minimum Gasteiger partial charge on any atom is -0.355 e. The molecule has 0 saturated heterocycles. The SMILES string of the molecule is CC(Br)CCN(C)c1nccn(C(C)(C)C)c1=O. The van der Waals surface area contributed by atoms with Gasteiger partial charge >= 0.3 is 0 Å². The van der Waals surface area contributed by atoms with Gasteiger partial charge in [-0.15, -0.1) is 0 Å². The molecular weight excluding hydrogens is 294 g/mol. The second-order valence-electron chi connectivity index (χ2n) is 5.59. The molecule has 0 N–H and O–H groups in total. The van der Waals surface area contributed by atoms with Crippen LogP contribution in [0.4, 0.5) is 5.82 Å². The normalized spacial score (nSPS) is 13.4. The molecule has 1 aromatic heterocycles. The molecule has 0 bridgehead atoms. The quantitative estimate of drug-likeness (QED) is 0.802. The second-order valence-corrected chi connectivity index (χ2v) is 7.15. The summed E-state index contributed by atoms with van der Waals surface area (Å²) in [5.41, 5.74) is -0.257. The van der Waals surface area contributed by atoms with Gasteiger partial charge in [0.15, 0.2) is 5.82 Å². The molecule has 0 aliphatic rings. The largest absolute Gasteiger partial charge is 0.355 e. The molecule has 0 saturated carbocycles. The molecule has 1 heterocycles. The zero-order valence-corrected chi connectivity index (χ0v) is 13.4. The van der Waals surface area contributed by atoms with Gasteiger partial charge in [-0.25, -0.2) is 4.98 Å². The number of hydrogen-bond donors (Lipinski definition) is 0. The van der Waals surface area contributed by atoms with Crippen molar-refractivity contribution < 1.29 is 0 Å². The average molecular weight is 316 g/mol. The molecule has 1 rings (SSSR count). The lowest BCUT2D eigenvalue weighted by Crippen LogP contribution is -2.38. The van der Waals surface area contributed by atoms with E-state index >= 15 is 0 Å². The summed E-state index contributed by atoms with van der Waals surface area (Å²) in [7, 11) is 1.91. The van der Waals surface area contributed by atoms with Crippen molar-refractivity contribution in [2.45, 2.75) is 44.5 Å². The Hall–Kier alpha value is -0.840. The zero-order chi connectivity index (χ0) is 13.9. The zero-order valence-electron chi connectivity index (χ0n) is 11.8. The molecule has 0 aliphatic heterocycles. The topological polar surface area (TPSA) is 38.1 Å². The predicted molar refractivity (Wildman–Crippen MR) is 79.8 cm³/mol. The minimum absolute atomic E-state index is 0.0327. The third-order valence-corrected chi connectivity index (χ3v) is 3.23. The van der Waals surface area contributed by atoms with Crippen LogP contribution in [0.1, 0.15) is 34.1 Å². The van der Waals surface area contributed by atoms with Crippen molar-refractivity contribution >= 4 is 21.7 Å². The Morgan fingerprint density at radius 1 is 1.50 bits per heavy atom. The fourth-order valence-electron chi connectivity index (χ4n) is 1.67. The van der Waals surface area contributed by atoms with E-state index in [-0.39, 0.29) is 11.1 Å². The number of halogens is 1. The van der Waals surface area contributed by atoms with Crippen molar-refractivity contribution in [1.82, 2.24) is 9.55 Å². The maximum Gasteiger partial charge on any atom is 0.293 e. The number of hydrogen-bond acceptors (Lipinski definition) is 3. The molecule has 0 aliphatic carbocycles. The Bertz CT molecular complexity index is 448. The third-order valence-electron chi connectivity index (χ3n) is 2.77. The van der Waals surface area contributed by atoms with Gasteiger partial charge in [-0.1, -0.05) is 22.9 Å². The highest BCUT2D eigenvalue weighted by molar-refractivity contribution is 9.09. The first-order chi connectivity index (χ1) is 8.23. The summed E-state index contributed by atoms with van der Waals surface area (Å²) >= 11 is 3.51. The Balaban J connectivity index is 3.01. The van der Waals surface area contributed by atoms with Gasteiger partial charge in [0.1, 0.15) is 0 Å². The number of nitrogens with zero attached hydrogens (tertiary/aromatic N) is 3. The van der Waals surface area contributed by atoms with E-state index in [1.165, 1.54) is 0 Å². The molecule has 0 aromatic carbocycles. The van der Waals surface area contributed by atoms with Gasteiger partial charge in [0, 0.05) is 36.4 Å². The average Bonchev–Trinajstić information content (AvgIpc) is 2.24. The fraction of sp³-hybridized carbons (Fsp3) is 0.692. The molecule has 0 fully saturated rings. The van der Waals surface area contributed by atoms with Gasteiger partial charge in [0.05, 0.1) is 0 Å². The van der Waals surface area contributed by atoms with Crippen molar-refractivity contribution in [3.05, 3.63) is 22.7 Å². The Labute approximate surface area is 117 Å². The van der Waals surface area contributed by atoms with Crippen molar-refractivity contribution in [1.29, 1.82) is 0 Å². The lowest BCUT2D eigenvalue weighted by molar-refractivity contribution is 0.382. The van der Waals surface area contributed by atoms with Crippen molar-refractivity contribution in [3.8, 4) is 0 Å². The van der Waals surface area contributed by atoms with Crippen LogP contribution in [0.25, 0.3) is 0 Å². The van der Waals surface area contributed by atoms with Crippen molar-refractivity contribution in [3.63, 3.8) is 0 Å². The van der Waals surface area contributed by atoms with Gasteiger partial charge in [0.2, 0.25) is 0 Å². The number of alkyl halides is 1. The first-order valence-electron chi connectivity index (χ1n) is 6.17. The predicted octanol–water partition coefficient (Wildman–Crippen LogP) is 2.61. The minimum atomic E-state index is -0.224. The van der Waals surface area contributed by atoms with E-state index in [4.69, 9.17) is 0 Å². The number of anilines is 1. The third kappa shape index (κ3) is 3.83. The molecule has 1 unspecified atom stereocenters. The number of rotatable bonds is 4. The summed E-state index contributed by atoms with van der Waals surface area (Å²) in [6, 6.07) is 0. The molecule has 0 amide bonds. The van der Waals surface area contributed by atoms with Gasteiger partial charge in [-0.3, -0.25) is 4.79 Å². The van der Waals surface area contributed by atoms with Gasteiger partial charge < -0.3 is 9.47 Å². The van der Waals surface area contributed by atoms with E-state index in [0.29, 0.717) is 10.6 Å². The summed E-state index contributed by atoms with van der Waals surface area (Å²) in [5, 5.41) is 0. The van der Waals surface area contributed by atoms with E-state index in [1.807, 2.05) is 32.7 Å². The highest BCUT2D eigenvalue weighted by atomic mass is 79.9. The molecule has 18 heavy (non-hydrogen) atoms. The Morgan fingerprint density at radius 2 is 2.11 bits per heavy atom. The van der Waals surface area contributed by atoms with E-state index in [0.717, 1.165) is 13.0 Å². The lowest BCUT2D eigenvalue weighted by Gasteiger charge is -2.25. The molecule has 102 valence electrons. The summed E-state index contributed by atoms with van der Waals surface area (Å²) < 4.78 is 1.73. The highest BCUT2D eigenvalue weighted by Crippen LogP contribution is 2.12. The first-order valence-corrected chi connectivity index (χ1v) is 7.08. The second kappa shape index (κ2) is 5.87. The molecular formula is C13H22BrN3O. The van der Waals surface area contributed by atoms with Crippen LogP contribution >= 0.6 is 15.9 Å². The van der Waals surface area contributed by atoms with Gasteiger partial charge in [0.25, 0.3) is 5.56 Å². The fourth-order valence-corrected chi connectivity index (χ4v) is 1.87. The van der Waals surface area contributed by atoms with Gasteiger partial charge in [-0.05, 0) is 27.2 Å². The molecule has 4 nitrogen and oxygen atoms in total. The van der Waals surface area contributed by atoms with E-state index in [9.17, 15) is 4.79 Å². The summed E-state index contributed by atoms with van der Waals surface area (Å²) in [6.07, 6.45) is 4.41. The van der Waals surface area contributed by atoms with Crippen LogP contribution in [0, 0.1) is 0 Å². The first kappa shape index (κ1) is 15.2. The Kier molecular flexibility index (Phi) is 4.96. The maximum atomic E-state index is 12.3. The number of aromatic nitrogens is 2. The highest BCUT2D eigenvalue weighted by Gasteiger charge is 2.18. The van der Waals surface area contributed by atoms with Crippen LogP contribution in [-0.2, 0) is 5.54 Å². The monoisotopic (exact) mass is 315 g/mol. The molecule has 1 aromatic rings. The van der Waals surface area contributed by atoms with Crippen LogP contribution in [-0.4, -0.2) is 28.0 Å². The summed E-state index contributed by atoms with van der Waals surface area (Å²) in [6.45, 7) is 8.94.